The van der Waals surface area contributed by atoms with Crippen LogP contribution < -0.4 is 9.47 Å². The van der Waals surface area contributed by atoms with Gasteiger partial charge in [-0.1, -0.05) is 6.07 Å². The highest BCUT2D eigenvalue weighted by Gasteiger charge is 2.09. The van der Waals surface area contributed by atoms with E-state index in [2.05, 4.69) is 0 Å². The molecule has 4 nitrogen and oxygen atoms in total. The van der Waals surface area contributed by atoms with E-state index in [1.54, 1.807) is 32.0 Å². The topological polar surface area (TPSA) is 58.9 Å². The third-order valence-electron chi connectivity index (χ3n) is 2.15. The van der Waals surface area contributed by atoms with Crippen LogP contribution in [-0.2, 0) is 0 Å². The Bertz CT molecular complexity index is 334. The zero-order valence-electron chi connectivity index (χ0n) is 9.80. The minimum absolute atomic E-state index is 0.213. The van der Waals surface area contributed by atoms with E-state index in [-0.39, 0.29) is 6.61 Å². The molecule has 0 saturated carbocycles. The zero-order valence-corrected chi connectivity index (χ0v) is 9.80. The highest BCUT2D eigenvalue weighted by molar-refractivity contribution is 5.43. The molecule has 0 aliphatic heterocycles. The number of ether oxygens (including phenoxy) is 2. The van der Waals surface area contributed by atoms with Crippen molar-refractivity contribution in [1.82, 2.24) is 0 Å². The van der Waals surface area contributed by atoms with Gasteiger partial charge in [-0.15, -0.1) is 0 Å². The van der Waals surface area contributed by atoms with E-state index in [4.69, 9.17) is 14.6 Å². The summed E-state index contributed by atoms with van der Waals surface area (Å²) in [6, 6.07) is 5.22. The fraction of sp³-hybridized carbons (Fsp3) is 0.500. The second-order valence-electron chi connectivity index (χ2n) is 3.75. The summed E-state index contributed by atoms with van der Waals surface area (Å²) in [7, 11) is 1.54. The Kier molecular flexibility index (Phi) is 4.58. The summed E-state index contributed by atoms with van der Waals surface area (Å²) < 4.78 is 10.5. The van der Waals surface area contributed by atoms with Gasteiger partial charge in [-0.25, -0.2) is 0 Å². The Morgan fingerprint density at radius 2 is 1.88 bits per heavy atom. The lowest BCUT2D eigenvalue weighted by molar-refractivity contribution is 0.120. The lowest BCUT2D eigenvalue weighted by Crippen LogP contribution is -2.13. The van der Waals surface area contributed by atoms with Crippen molar-refractivity contribution in [3.8, 4) is 11.5 Å². The Labute approximate surface area is 95.4 Å². The van der Waals surface area contributed by atoms with E-state index in [1.165, 1.54) is 7.11 Å². The molecule has 1 rings (SSSR count). The molecule has 0 bridgehead atoms. The molecular weight excluding hydrogens is 208 g/mol. The van der Waals surface area contributed by atoms with Crippen LogP contribution in [0.3, 0.4) is 0 Å². The maximum atomic E-state index is 9.42. The number of methoxy groups -OCH3 is 1. The molecule has 0 spiro atoms. The standard InChI is InChI=1S/C12H18O4/c1-8(13)7-16-11-5-4-10(9(2)14)6-12(11)15-3/h4-6,8-9,13-14H,7H2,1-3H3. The molecule has 16 heavy (non-hydrogen) atoms. The summed E-state index contributed by atoms with van der Waals surface area (Å²) in [4.78, 5) is 0. The molecule has 90 valence electrons. The van der Waals surface area contributed by atoms with Crippen molar-refractivity contribution in [2.75, 3.05) is 13.7 Å². The van der Waals surface area contributed by atoms with Gasteiger partial charge in [0.1, 0.15) is 6.61 Å². The fourth-order valence-electron chi connectivity index (χ4n) is 1.27. The van der Waals surface area contributed by atoms with Crippen LogP contribution >= 0.6 is 0 Å². The summed E-state index contributed by atoms with van der Waals surface area (Å²) >= 11 is 0. The predicted octanol–water partition coefficient (Wildman–Crippen LogP) is 1.51. The molecule has 2 N–H and O–H groups in total. The molecule has 0 heterocycles. The van der Waals surface area contributed by atoms with E-state index in [0.29, 0.717) is 11.5 Å². The van der Waals surface area contributed by atoms with Crippen molar-refractivity contribution in [2.24, 2.45) is 0 Å². The number of aliphatic hydroxyl groups is 2. The predicted molar refractivity (Wildman–Crippen MR) is 60.8 cm³/mol. The number of hydrogen-bond donors (Lipinski definition) is 2. The van der Waals surface area contributed by atoms with Gasteiger partial charge in [-0.05, 0) is 31.5 Å². The highest BCUT2D eigenvalue weighted by atomic mass is 16.5. The molecule has 0 aliphatic carbocycles. The molecule has 4 heteroatoms. The maximum Gasteiger partial charge on any atom is 0.161 e. The van der Waals surface area contributed by atoms with Crippen LogP contribution in [0, 0.1) is 0 Å². The van der Waals surface area contributed by atoms with Gasteiger partial charge in [0.25, 0.3) is 0 Å². The van der Waals surface area contributed by atoms with E-state index in [1.807, 2.05) is 0 Å². The first-order valence-electron chi connectivity index (χ1n) is 5.21. The van der Waals surface area contributed by atoms with Gasteiger partial charge < -0.3 is 19.7 Å². The second kappa shape index (κ2) is 5.72. The van der Waals surface area contributed by atoms with E-state index < -0.39 is 12.2 Å². The SMILES string of the molecule is COc1cc(C(C)O)ccc1OCC(C)O. The lowest BCUT2D eigenvalue weighted by atomic mass is 10.1. The maximum absolute atomic E-state index is 9.42. The molecule has 0 amide bonds. The minimum atomic E-state index is -0.542. The molecule has 0 aromatic heterocycles. The molecule has 2 atom stereocenters. The molecule has 0 saturated heterocycles. The minimum Gasteiger partial charge on any atom is -0.493 e. The molecule has 2 unspecified atom stereocenters. The number of benzene rings is 1. The quantitative estimate of drug-likeness (QED) is 0.799. The molecule has 0 fully saturated rings. The molecule has 0 radical (unpaired) electrons. The van der Waals surface area contributed by atoms with Crippen molar-refractivity contribution >= 4 is 0 Å². The van der Waals surface area contributed by atoms with Gasteiger partial charge >= 0.3 is 0 Å². The van der Waals surface area contributed by atoms with Crippen LogP contribution in [-0.4, -0.2) is 30.0 Å². The first-order valence-corrected chi connectivity index (χ1v) is 5.21. The Hall–Kier alpha value is -1.26. The van der Waals surface area contributed by atoms with Gasteiger partial charge in [0.15, 0.2) is 11.5 Å². The van der Waals surface area contributed by atoms with Gasteiger partial charge in [-0.3, -0.25) is 0 Å². The van der Waals surface area contributed by atoms with Gasteiger partial charge in [0.2, 0.25) is 0 Å². The largest absolute Gasteiger partial charge is 0.493 e. The molecular formula is C12H18O4. The van der Waals surface area contributed by atoms with Crippen molar-refractivity contribution in [3.05, 3.63) is 23.8 Å². The van der Waals surface area contributed by atoms with Crippen LogP contribution in [0.1, 0.15) is 25.5 Å². The molecule has 0 aliphatic rings. The molecule has 1 aromatic carbocycles. The zero-order chi connectivity index (χ0) is 12.1. The van der Waals surface area contributed by atoms with E-state index in [9.17, 15) is 5.11 Å². The van der Waals surface area contributed by atoms with E-state index >= 15 is 0 Å². The van der Waals surface area contributed by atoms with Crippen molar-refractivity contribution < 1.29 is 19.7 Å². The van der Waals surface area contributed by atoms with Crippen LogP contribution in [0.25, 0.3) is 0 Å². The Morgan fingerprint density at radius 1 is 1.19 bits per heavy atom. The Morgan fingerprint density at radius 3 is 2.38 bits per heavy atom. The monoisotopic (exact) mass is 226 g/mol. The number of hydrogen-bond acceptors (Lipinski definition) is 4. The van der Waals surface area contributed by atoms with Crippen LogP contribution in [0.15, 0.2) is 18.2 Å². The first-order chi connectivity index (χ1) is 7.54. The Balaban J connectivity index is 2.84. The van der Waals surface area contributed by atoms with Gasteiger partial charge in [-0.2, -0.15) is 0 Å². The number of rotatable bonds is 5. The van der Waals surface area contributed by atoms with Gasteiger partial charge in [0.05, 0.1) is 19.3 Å². The van der Waals surface area contributed by atoms with Crippen molar-refractivity contribution in [3.63, 3.8) is 0 Å². The summed E-state index contributed by atoms with van der Waals surface area (Å²) in [5.74, 6) is 1.12. The smallest absolute Gasteiger partial charge is 0.161 e. The summed E-state index contributed by atoms with van der Waals surface area (Å²) in [5, 5.41) is 18.5. The van der Waals surface area contributed by atoms with Crippen LogP contribution in [0.4, 0.5) is 0 Å². The summed E-state index contributed by atoms with van der Waals surface area (Å²) in [6.45, 7) is 3.55. The van der Waals surface area contributed by atoms with Gasteiger partial charge in [0, 0.05) is 0 Å². The summed E-state index contributed by atoms with van der Waals surface area (Å²) in [5.41, 5.74) is 0.765. The van der Waals surface area contributed by atoms with Crippen LogP contribution in [0.2, 0.25) is 0 Å². The normalized spacial score (nSPS) is 14.3. The lowest BCUT2D eigenvalue weighted by Gasteiger charge is -2.14. The van der Waals surface area contributed by atoms with Crippen LogP contribution in [0.5, 0.6) is 11.5 Å². The number of aliphatic hydroxyl groups excluding tert-OH is 2. The van der Waals surface area contributed by atoms with E-state index in [0.717, 1.165) is 5.56 Å². The highest BCUT2D eigenvalue weighted by Crippen LogP contribution is 2.30. The second-order valence-corrected chi connectivity index (χ2v) is 3.75. The first kappa shape index (κ1) is 12.8. The average molecular weight is 226 g/mol. The average Bonchev–Trinajstić information content (AvgIpc) is 2.25. The molecule has 1 aromatic rings. The third kappa shape index (κ3) is 3.40. The van der Waals surface area contributed by atoms with Crippen molar-refractivity contribution in [1.29, 1.82) is 0 Å². The summed E-state index contributed by atoms with van der Waals surface area (Å²) in [6.07, 6.45) is -1.07. The van der Waals surface area contributed by atoms with Crippen molar-refractivity contribution in [2.45, 2.75) is 26.1 Å². The fourth-order valence-corrected chi connectivity index (χ4v) is 1.27. The third-order valence-corrected chi connectivity index (χ3v) is 2.15.